The van der Waals surface area contributed by atoms with E-state index in [1.54, 1.807) is 31.2 Å². The van der Waals surface area contributed by atoms with Gasteiger partial charge in [0.25, 0.3) is 0 Å². The van der Waals surface area contributed by atoms with Gasteiger partial charge in [-0.15, -0.1) is 0 Å². The van der Waals surface area contributed by atoms with Crippen molar-refractivity contribution in [1.82, 2.24) is 5.32 Å². The maximum absolute atomic E-state index is 12.1. The van der Waals surface area contributed by atoms with Crippen molar-refractivity contribution in [1.29, 1.82) is 0 Å². The largest absolute Gasteiger partial charge is 0.455 e. The molecule has 4 unspecified atom stereocenters. The summed E-state index contributed by atoms with van der Waals surface area (Å²) in [7, 11) is 0. The van der Waals surface area contributed by atoms with E-state index in [-0.39, 0.29) is 31.2 Å². The molecule has 3 N–H and O–H groups in total. The number of ether oxygens (including phenoxy) is 1. The minimum absolute atomic E-state index is 0.0457. The number of esters is 1. The highest BCUT2D eigenvalue weighted by molar-refractivity contribution is 5.77. The number of aliphatic hydroxyl groups excluding tert-OH is 1. The Kier molecular flexibility index (Phi) is 8.06. The number of aliphatic hydroxyl groups is 2. The molecule has 1 rings (SSSR count). The Morgan fingerprint density at radius 2 is 2.16 bits per heavy atom. The number of allylic oxidation sites excluding steroid dienone is 2. The number of carbonyl (C=O) groups excluding carboxylic acids is 2. The Bertz CT molecular complexity index is 550. The van der Waals surface area contributed by atoms with Crippen molar-refractivity contribution in [3.63, 3.8) is 0 Å². The number of rotatable bonds is 3. The Morgan fingerprint density at radius 1 is 1.48 bits per heavy atom. The zero-order valence-electron chi connectivity index (χ0n) is 15.2. The second-order valence-electron chi connectivity index (χ2n) is 6.71. The third-order valence-corrected chi connectivity index (χ3v) is 4.26. The molecule has 1 aliphatic heterocycles. The molecule has 1 heterocycles. The minimum Gasteiger partial charge on any atom is -0.455 e. The first-order chi connectivity index (χ1) is 11.7. The molecule has 1 amide bonds. The van der Waals surface area contributed by atoms with Gasteiger partial charge in [-0.25, -0.2) is 0 Å². The standard InChI is InChI=1S/C19H29NO5/c1-5-7-13(2)16-8-6-9-17(25-14(3)21)19(4,24)11-10-15(22)12-18(23)20-16/h5-7,9,15-17,22,24H,1,8,10-12H2,2-4H3,(H,20,23). The maximum Gasteiger partial charge on any atom is 0.303 e. The first-order valence-corrected chi connectivity index (χ1v) is 8.48. The van der Waals surface area contributed by atoms with Crippen LogP contribution in [0, 0.1) is 0 Å². The molecule has 0 fully saturated rings. The molecule has 0 spiro atoms. The summed E-state index contributed by atoms with van der Waals surface area (Å²) in [6.45, 7) is 8.38. The summed E-state index contributed by atoms with van der Waals surface area (Å²) in [5, 5.41) is 23.6. The summed E-state index contributed by atoms with van der Waals surface area (Å²) in [6.07, 6.45) is 6.00. The third-order valence-electron chi connectivity index (χ3n) is 4.26. The Labute approximate surface area is 149 Å². The molecule has 25 heavy (non-hydrogen) atoms. The molecular weight excluding hydrogens is 322 g/mol. The predicted octanol–water partition coefficient (Wildman–Crippen LogP) is 1.78. The molecule has 0 saturated carbocycles. The van der Waals surface area contributed by atoms with Crippen LogP contribution in [0.4, 0.5) is 0 Å². The fourth-order valence-corrected chi connectivity index (χ4v) is 2.72. The summed E-state index contributed by atoms with van der Waals surface area (Å²) in [4.78, 5) is 23.5. The summed E-state index contributed by atoms with van der Waals surface area (Å²) in [5.74, 6) is -0.741. The monoisotopic (exact) mass is 351 g/mol. The SMILES string of the molecule is C=CC=C(C)C1CC=CC(OC(C)=O)C(C)(O)CCC(O)CC(=O)N1. The summed E-state index contributed by atoms with van der Waals surface area (Å²) in [6, 6.07) is -0.267. The normalized spacial score (nSPS) is 32.1. The van der Waals surface area contributed by atoms with Crippen LogP contribution in [-0.4, -0.2) is 45.9 Å². The van der Waals surface area contributed by atoms with E-state index < -0.39 is 23.8 Å². The van der Waals surface area contributed by atoms with Gasteiger partial charge in [-0.1, -0.05) is 30.4 Å². The smallest absolute Gasteiger partial charge is 0.303 e. The second kappa shape index (κ2) is 9.53. The van der Waals surface area contributed by atoms with Gasteiger partial charge in [0.1, 0.15) is 11.7 Å². The van der Waals surface area contributed by atoms with E-state index in [4.69, 9.17) is 4.74 Å². The van der Waals surface area contributed by atoms with Crippen LogP contribution in [0.2, 0.25) is 0 Å². The van der Waals surface area contributed by atoms with E-state index in [9.17, 15) is 19.8 Å². The molecule has 0 aliphatic carbocycles. The highest BCUT2D eigenvalue weighted by Crippen LogP contribution is 2.24. The molecule has 6 nitrogen and oxygen atoms in total. The van der Waals surface area contributed by atoms with Crippen molar-refractivity contribution in [3.05, 3.63) is 36.5 Å². The second-order valence-corrected chi connectivity index (χ2v) is 6.71. The van der Waals surface area contributed by atoms with Crippen LogP contribution in [0.1, 0.15) is 46.5 Å². The van der Waals surface area contributed by atoms with Gasteiger partial charge in [0.05, 0.1) is 18.6 Å². The van der Waals surface area contributed by atoms with E-state index in [1.165, 1.54) is 6.92 Å². The van der Waals surface area contributed by atoms with E-state index in [0.717, 1.165) is 5.57 Å². The lowest BCUT2D eigenvalue weighted by Crippen LogP contribution is -2.43. The zero-order valence-corrected chi connectivity index (χ0v) is 15.2. The van der Waals surface area contributed by atoms with Crippen LogP contribution in [0.3, 0.4) is 0 Å². The van der Waals surface area contributed by atoms with Crippen LogP contribution in [0.15, 0.2) is 36.5 Å². The summed E-state index contributed by atoms with van der Waals surface area (Å²) < 4.78 is 5.23. The quantitative estimate of drug-likeness (QED) is 0.409. The van der Waals surface area contributed by atoms with Gasteiger partial charge in [0.2, 0.25) is 5.91 Å². The molecule has 0 radical (unpaired) electrons. The molecule has 0 aromatic carbocycles. The van der Waals surface area contributed by atoms with E-state index in [2.05, 4.69) is 11.9 Å². The fourth-order valence-electron chi connectivity index (χ4n) is 2.72. The van der Waals surface area contributed by atoms with Gasteiger partial charge >= 0.3 is 5.97 Å². The van der Waals surface area contributed by atoms with Crippen molar-refractivity contribution >= 4 is 11.9 Å². The van der Waals surface area contributed by atoms with Gasteiger partial charge in [0.15, 0.2) is 0 Å². The molecule has 0 bridgehead atoms. The average Bonchev–Trinajstić information content (AvgIpc) is 2.50. The molecule has 6 heteroatoms. The Hall–Kier alpha value is -1.92. The number of hydrogen-bond acceptors (Lipinski definition) is 5. The average molecular weight is 351 g/mol. The van der Waals surface area contributed by atoms with Crippen LogP contribution in [0.25, 0.3) is 0 Å². The van der Waals surface area contributed by atoms with Crippen molar-refractivity contribution in [2.24, 2.45) is 0 Å². The van der Waals surface area contributed by atoms with Gasteiger partial charge in [-0.05, 0) is 39.2 Å². The predicted molar refractivity (Wildman–Crippen MR) is 95.7 cm³/mol. The molecule has 4 atom stereocenters. The van der Waals surface area contributed by atoms with Gasteiger partial charge in [-0.3, -0.25) is 9.59 Å². The van der Waals surface area contributed by atoms with Crippen molar-refractivity contribution < 1.29 is 24.5 Å². The highest BCUT2D eigenvalue weighted by atomic mass is 16.6. The number of nitrogens with one attached hydrogen (secondary N) is 1. The summed E-state index contributed by atoms with van der Waals surface area (Å²) in [5.41, 5.74) is -0.421. The van der Waals surface area contributed by atoms with Crippen molar-refractivity contribution in [3.8, 4) is 0 Å². The molecule has 1 aliphatic rings. The lowest BCUT2D eigenvalue weighted by atomic mass is 9.90. The topological polar surface area (TPSA) is 95.9 Å². The molecule has 0 aromatic rings. The van der Waals surface area contributed by atoms with Crippen molar-refractivity contribution in [2.75, 3.05) is 0 Å². The highest BCUT2D eigenvalue weighted by Gasteiger charge is 2.33. The van der Waals surface area contributed by atoms with Gasteiger partial charge in [0, 0.05) is 6.92 Å². The Balaban J connectivity index is 3.10. The fraction of sp³-hybridized carbons (Fsp3) is 0.579. The number of hydrogen-bond donors (Lipinski definition) is 3. The van der Waals surface area contributed by atoms with Gasteiger partial charge in [-0.2, -0.15) is 0 Å². The lowest BCUT2D eigenvalue weighted by Gasteiger charge is -2.31. The molecule has 0 aromatic heterocycles. The Morgan fingerprint density at radius 3 is 2.76 bits per heavy atom. The molecule has 140 valence electrons. The van der Waals surface area contributed by atoms with Crippen LogP contribution in [-0.2, 0) is 14.3 Å². The number of amides is 1. The van der Waals surface area contributed by atoms with Crippen molar-refractivity contribution in [2.45, 2.75) is 70.3 Å². The molecule has 0 saturated heterocycles. The van der Waals surface area contributed by atoms with Crippen LogP contribution >= 0.6 is 0 Å². The number of carbonyl (C=O) groups is 2. The van der Waals surface area contributed by atoms with Gasteiger partial charge < -0.3 is 20.3 Å². The first-order valence-electron chi connectivity index (χ1n) is 8.48. The van der Waals surface area contributed by atoms with E-state index in [1.807, 2.05) is 6.92 Å². The van der Waals surface area contributed by atoms with Crippen LogP contribution < -0.4 is 5.32 Å². The molecular formula is C19H29NO5. The lowest BCUT2D eigenvalue weighted by molar-refractivity contribution is -0.156. The summed E-state index contributed by atoms with van der Waals surface area (Å²) >= 11 is 0. The minimum atomic E-state index is -1.33. The zero-order chi connectivity index (χ0) is 19.0. The van der Waals surface area contributed by atoms with Crippen LogP contribution in [0.5, 0.6) is 0 Å². The maximum atomic E-state index is 12.1. The van der Waals surface area contributed by atoms with E-state index >= 15 is 0 Å². The van der Waals surface area contributed by atoms with E-state index in [0.29, 0.717) is 6.42 Å². The third kappa shape index (κ3) is 7.23. The first kappa shape index (κ1) is 21.1.